The lowest BCUT2D eigenvalue weighted by Crippen LogP contribution is -2.48. The SMILES string of the molecule is CCNC(=NCc1ccc(OC(C)C)cc1)NC1CCN(c2cccs2)CC1.I. The number of nitrogens with zero attached hydrogens (tertiary/aromatic N) is 2. The maximum Gasteiger partial charge on any atom is 0.191 e. The molecule has 0 bridgehead atoms. The summed E-state index contributed by atoms with van der Waals surface area (Å²) in [6.45, 7) is 9.89. The first-order valence-corrected chi connectivity index (χ1v) is 11.1. The molecule has 2 heterocycles. The van der Waals surface area contributed by atoms with Gasteiger partial charge < -0.3 is 20.3 Å². The molecule has 160 valence electrons. The minimum atomic E-state index is 0. The molecule has 2 aromatic rings. The van der Waals surface area contributed by atoms with E-state index in [0.717, 1.165) is 44.2 Å². The Morgan fingerprint density at radius 3 is 2.52 bits per heavy atom. The normalized spacial score (nSPS) is 15.2. The summed E-state index contributed by atoms with van der Waals surface area (Å²) in [5.74, 6) is 1.81. The Balaban J connectivity index is 0.00000300. The van der Waals surface area contributed by atoms with Gasteiger partial charge in [-0.2, -0.15) is 0 Å². The molecule has 1 aromatic heterocycles. The average Bonchev–Trinajstić information content (AvgIpc) is 3.22. The maximum atomic E-state index is 5.71. The quantitative estimate of drug-likeness (QED) is 0.306. The highest BCUT2D eigenvalue weighted by molar-refractivity contribution is 14.0. The highest BCUT2D eigenvalue weighted by Gasteiger charge is 2.20. The molecule has 0 radical (unpaired) electrons. The van der Waals surface area contributed by atoms with Crippen LogP contribution in [0, 0.1) is 0 Å². The molecule has 1 aromatic carbocycles. The first-order chi connectivity index (χ1) is 13.6. The molecule has 1 aliphatic heterocycles. The van der Waals surface area contributed by atoms with Gasteiger partial charge in [0, 0.05) is 25.7 Å². The van der Waals surface area contributed by atoms with Crippen molar-refractivity contribution in [1.82, 2.24) is 10.6 Å². The molecule has 1 saturated heterocycles. The third-order valence-electron chi connectivity index (χ3n) is 4.71. The van der Waals surface area contributed by atoms with Gasteiger partial charge in [0.15, 0.2) is 5.96 Å². The largest absolute Gasteiger partial charge is 0.491 e. The van der Waals surface area contributed by atoms with Crippen molar-refractivity contribution >= 4 is 46.3 Å². The number of hydrogen-bond donors (Lipinski definition) is 2. The Kier molecular flexibility index (Phi) is 10.1. The summed E-state index contributed by atoms with van der Waals surface area (Å²) in [5.41, 5.74) is 1.18. The topological polar surface area (TPSA) is 48.9 Å². The molecule has 7 heteroatoms. The fraction of sp³-hybridized carbons (Fsp3) is 0.500. The number of rotatable bonds is 7. The van der Waals surface area contributed by atoms with Crippen molar-refractivity contribution in [3.8, 4) is 5.75 Å². The van der Waals surface area contributed by atoms with Gasteiger partial charge in [-0.25, -0.2) is 4.99 Å². The first-order valence-electron chi connectivity index (χ1n) is 10.2. The van der Waals surface area contributed by atoms with E-state index in [2.05, 4.69) is 52.1 Å². The second-order valence-corrected chi connectivity index (χ2v) is 8.29. The second-order valence-electron chi connectivity index (χ2n) is 7.36. The molecule has 1 aliphatic rings. The van der Waals surface area contributed by atoms with E-state index in [4.69, 9.17) is 9.73 Å². The lowest BCUT2D eigenvalue weighted by Gasteiger charge is -2.33. The molecular weight excluding hydrogens is 495 g/mol. The Labute approximate surface area is 196 Å². The van der Waals surface area contributed by atoms with Gasteiger partial charge in [-0.1, -0.05) is 12.1 Å². The molecule has 0 aliphatic carbocycles. The molecule has 0 spiro atoms. The monoisotopic (exact) mass is 528 g/mol. The first kappa shape index (κ1) is 23.8. The van der Waals surface area contributed by atoms with Gasteiger partial charge in [0.05, 0.1) is 17.6 Å². The zero-order valence-corrected chi connectivity index (χ0v) is 20.7. The van der Waals surface area contributed by atoms with Gasteiger partial charge in [-0.3, -0.25) is 0 Å². The van der Waals surface area contributed by atoms with Crippen molar-refractivity contribution in [2.45, 2.75) is 52.3 Å². The maximum absolute atomic E-state index is 5.71. The summed E-state index contributed by atoms with van der Waals surface area (Å²) in [5, 5.41) is 10.5. The fourth-order valence-electron chi connectivity index (χ4n) is 3.32. The van der Waals surface area contributed by atoms with Crippen LogP contribution in [0.2, 0.25) is 0 Å². The molecule has 29 heavy (non-hydrogen) atoms. The zero-order valence-electron chi connectivity index (χ0n) is 17.6. The van der Waals surface area contributed by atoms with Crippen molar-refractivity contribution < 1.29 is 4.74 Å². The number of benzene rings is 1. The third-order valence-corrected chi connectivity index (χ3v) is 5.64. The van der Waals surface area contributed by atoms with Crippen LogP contribution < -0.4 is 20.3 Å². The molecule has 1 fully saturated rings. The summed E-state index contributed by atoms with van der Waals surface area (Å²) >= 11 is 1.82. The van der Waals surface area contributed by atoms with Crippen LogP contribution in [0.25, 0.3) is 0 Å². The van der Waals surface area contributed by atoms with Gasteiger partial charge in [0.25, 0.3) is 0 Å². The fourth-order valence-corrected chi connectivity index (χ4v) is 4.11. The van der Waals surface area contributed by atoms with Crippen LogP contribution in [0.1, 0.15) is 39.2 Å². The molecule has 0 saturated carbocycles. The van der Waals surface area contributed by atoms with E-state index in [1.165, 1.54) is 10.6 Å². The van der Waals surface area contributed by atoms with Crippen LogP contribution in [0.15, 0.2) is 46.8 Å². The number of halogens is 1. The van der Waals surface area contributed by atoms with Crippen LogP contribution in [-0.2, 0) is 6.54 Å². The summed E-state index contributed by atoms with van der Waals surface area (Å²) < 4.78 is 5.71. The molecular formula is C22H33IN4OS. The third kappa shape index (κ3) is 7.70. The van der Waals surface area contributed by atoms with Crippen molar-refractivity contribution in [1.29, 1.82) is 0 Å². The summed E-state index contributed by atoms with van der Waals surface area (Å²) in [6.07, 6.45) is 2.45. The standard InChI is InChI=1S/C22H32N4OS.HI/c1-4-23-22(24-16-18-7-9-20(10-8-18)27-17(2)3)25-19-11-13-26(14-12-19)21-6-5-15-28-21;/h5-10,15,17,19H,4,11-14,16H2,1-3H3,(H2,23,24,25);1H. The van der Waals surface area contributed by atoms with E-state index in [0.29, 0.717) is 12.6 Å². The van der Waals surface area contributed by atoms with Gasteiger partial charge in [0.2, 0.25) is 0 Å². The number of anilines is 1. The Hall–Kier alpha value is -1.48. The number of ether oxygens (including phenoxy) is 1. The van der Waals surface area contributed by atoms with Crippen molar-refractivity contribution in [3.05, 3.63) is 47.3 Å². The van der Waals surface area contributed by atoms with Crippen LogP contribution in [0.4, 0.5) is 5.00 Å². The number of piperidine rings is 1. The predicted molar refractivity (Wildman–Crippen MR) is 135 cm³/mol. The van der Waals surface area contributed by atoms with Crippen LogP contribution in [0.5, 0.6) is 5.75 Å². The average molecular weight is 529 g/mol. The van der Waals surface area contributed by atoms with Gasteiger partial charge in [-0.05, 0) is 68.8 Å². The molecule has 0 unspecified atom stereocenters. The Bertz CT molecular complexity index is 726. The molecule has 0 amide bonds. The van der Waals surface area contributed by atoms with Gasteiger partial charge in [-0.15, -0.1) is 35.3 Å². The van der Waals surface area contributed by atoms with E-state index in [1.807, 2.05) is 37.3 Å². The van der Waals surface area contributed by atoms with Gasteiger partial charge >= 0.3 is 0 Å². The Morgan fingerprint density at radius 1 is 1.21 bits per heavy atom. The predicted octanol–water partition coefficient (Wildman–Crippen LogP) is 4.88. The lowest BCUT2D eigenvalue weighted by molar-refractivity contribution is 0.242. The van der Waals surface area contributed by atoms with Gasteiger partial charge in [0.1, 0.15) is 5.75 Å². The number of aliphatic imine (C=N–C) groups is 1. The van der Waals surface area contributed by atoms with E-state index in [1.54, 1.807) is 0 Å². The summed E-state index contributed by atoms with van der Waals surface area (Å²) in [4.78, 5) is 7.26. The number of thiophene rings is 1. The van der Waals surface area contributed by atoms with Crippen LogP contribution in [0.3, 0.4) is 0 Å². The minimum absolute atomic E-state index is 0. The molecule has 0 atom stereocenters. The summed E-state index contributed by atoms with van der Waals surface area (Å²) in [6, 6.07) is 13.0. The number of hydrogen-bond acceptors (Lipinski definition) is 4. The highest BCUT2D eigenvalue weighted by atomic mass is 127. The van der Waals surface area contributed by atoms with E-state index >= 15 is 0 Å². The number of nitrogens with one attached hydrogen (secondary N) is 2. The van der Waals surface area contributed by atoms with Crippen molar-refractivity contribution in [2.75, 3.05) is 24.5 Å². The second kappa shape index (κ2) is 12.3. The zero-order chi connectivity index (χ0) is 19.8. The van der Waals surface area contributed by atoms with Crippen molar-refractivity contribution in [3.63, 3.8) is 0 Å². The van der Waals surface area contributed by atoms with E-state index in [-0.39, 0.29) is 30.1 Å². The smallest absolute Gasteiger partial charge is 0.191 e. The van der Waals surface area contributed by atoms with Crippen molar-refractivity contribution in [2.24, 2.45) is 4.99 Å². The van der Waals surface area contributed by atoms with E-state index < -0.39 is 0 Å². The molecule has 3 rings (SSSR count). The molecule has 2 N–H and O–H groups in total. The lowest BCUT2D eigenvalue weighted by atomic mass is 10.1. The minimum Gasteiger partial charge on any atom is -0.491 e. The Morgan fingerprint density at radius 2 is 1.93 bits per heavy atom. The highest BCUT2D eigenvalue weighted by Crippen LogP contribution is 2.24. The van der Waals surface area contributed by atoms with Crippen LogP contribution in [-0.4, -0.2) is 37.7 Å². The van der Waals surface area contributed by atoms with E-state index in [9.17, 15) is 0 Å². The van der Waals surface area contributed by atoms with Crippen LogP contribution >= 0.6 is 35.3 Å². The molecule has 5 nitrogen and oxygen atoms in total. The number of guanidine groups is 1. The summed E-state index contributed by atoms with van der Waals surface area (Å²) in [7, 11) is 0.